The summed E-state index contributed by atoms with van der Waals surface area (Å²) >= 11 is 0. The smallest absolute Gasteiger partial charge is 0.358 e. The van der Waals surface area contributed by atoms with Crippen LogP contribution in [-0.4, -0.2) is 0 Å². The van der Waals surface area contributed by atoms with Gasteiger partial charge < -0.3 is 14.9 Å². The Labute approximate surface area is 160 Å². The van der Waals surface area contributed by atoms with Gasteiger partial charge in [-0.3, -0.25) is 0 Å². The first kappa shape index (κ1) is 21.5. The van der Waals surface area contributed by atoms with E-state index in [0.29, 0.717) is 0 Å². The van der Waals surface area contributed by atoms with Crippen LogP contribution in [0.5, 0.6) is 0 Å². The van der Waals surface area contributed by atoms with Gasteiger partial charge in [0.2, 0.25) is 0 Å². The van der Waals surface area contributed by atoms with Crippen molar-refractivity contribution < 1.29 is 26.2 Å². The van der Waals surface area contributed by atoms with Crippen molar-refractivity contribution >= 4 is 21.5 Å². The second-order valence-corrected chi connectivity index (χ2v) is 5.21. The quantitative estimate of drug-likeness (QED) is 0.301. The van der Waals surface area contributed by atoms with E-state index in [0.717, 1.165) is 0 Å². The maximum atomic E-state index is 2.16. The van der Waals surface area contributed by atoms with E-state index in [1.165, 1.54) is 32.7 Å². The topological polar surface area (TPSA) is 0 Å². The average molecular weight is 380 g/mol. The molecule has 0 spiro atoms. The molecule has 0 fully saturated rings. The van der Waals surface area contributed by atoms with E-state index in [1.807, 2.05) is 0 Å². The van der Waals surface area contributed by atoms with Gasteiger partial charge >= 0.3 is 26.2 Å². The SMILES string of the molecule is Cc1cccc2cc[cH-]c12.Cc1cccc2cc[cH-]c12.[CH3-].[CH3-].[Zr+4]. The Kier molecular flexibility index (Phi) is 9.02. The Hall–Kier alpha value is -1.46. The predicted molar refractivity (Wildman–Crippen MR) is 101 cm³/mol. The van der Waals surface area contributed by atoms with Crippen LogP contribution >= 0.6 is 0 Å². The van der Waals surface area contributed by atoms with E-state index < -0.39 is 0 Å². The Bertz CT molecular complexity index is 761. The summed E-state index contributed by atoms with van der Waals surface area (Å²) in [5.41, 5.74) is 2.73. The maximum Gasteiger partial charge on any atom is 4.00 e. The molecule has 0 saturated heterocycles. The molecule has 0 aliphatic rings. The summed E-state index contributed by atoms with van der Waals surface area (Å²) in [6.45, 7) is 4.28. The van der Waals surface area contributed by atoms with Gasteiger partial charge in [-0.1, -0.05) is 26.0 Å². The molecular weight excluding hydrogens is 355 g/mol. The van der Waals surface area contributed by atoms with Gasteiger partial charge in [0.05, 0.1) is 0 Å². The molecule has 0 radical (unpaired) electrons. The Morgan fingerprint density at radius 1 is 0.609 bits per heavy atom. The zero-order valence-corrected chi connectivity index (χ0v) is 16.9. The molecule has 0 nitrogen and oxygen atoms in total. The summed E-state index contributed by atoms with van der Waals surface area (Å²) in [5, 5.41) is 5.45. The number of fused-ring (bicyclic) bond motifs is 2. The van der Waals surface area contributed by atoms with Gasteiger partial charge in [0, 0.05) is 0 Å². The van der Waals surface area contributed by atoms with Gasteiger partial charge in [-0.05, 0) is 0 Å². The van der Waals surface area contributed by atoms with Crippen LogP contribution in [0.4, 0.5) is 0 Å². The third-order valence-electron chi connectivity index (χ3n) is 3.79. The van der Waals surface area contributed by atoms with Gasteiger partial charge in [0.25, 0.3) is 0 Å². The van der Waals surface area contributed by atoms with Crippen LogP contribution in [0.25, 0.3) is 21.5 Å². The van der Waals surface area contributed by atoms with Crippen LogP contribution in [0.1, 0.15) is 11.1 Å². The first-order valence-electron chi connectivity index (χ1n) is 6.98. The molecule has 4 rings (SSSR count). The largest absolute Gasteiger partial charge is 4.00 e. The van der Waals surface area contributed by atoms with E-state index in [9.17, 15) is 0 Å². The summed E-state index contributed by atoms with van der Waals surface area (Å²) in [5.74, 6) is 0. The molecule has 0 aliphatic carbocycles. The van der Waals surface area contributed by atoms with Crippen LogP contribution in [-0.2, 0) is 26.2 Å². The van der Waals surface area contributed by atoms with Crippen molar-refractivity contribution in [3.05, 3.63) is 98.8 Å². The normalized spacial score (nSPS) is 9.13. The molecule has 4 aromatic rings. The molecule has 0 saturated carbocycles. The fourth-order valence-corrected chi connectivity index (χ4v) is 2.65. The van der Waals surface area contributed by atoms with Crippen molar-refractivity contribution in [1.82, 2.24) is 0 Å². The molecule has 23 heavy (non-hydrogen) atoms. The molecular formula is C22H24Zr. The van der Waals surface area contributed by atoms with E-state index in [-0.39, 0.29) is 41.1 Å². The van der Waals surface area contributed by atoms with Gasteiger partial charge in [-0.25, -0.2) is 0 Å². The zero-order chi connectivity index (χ0) is 13.9. The third kappa shape index (κ3) is 4.75. The maximum absolute atomic E-state index is 2.16. The van der Waals surface area contributed by atoms with Crippen molar-refractivity contribution in [2.45, 2.75) is 13.8 Å². The fraction of sp³-hybridized carbons (Fsp3) is 0.0909. The number of rotatable bonds is 0. The summed E-state index contributed by atoms with van der Waals surface area (Å²) in [7, 11) is 0. The zero-order valence-electron chi connectivity index (χ0n) is 14.4. The monoisotopic (exact) mass is 378 g/mol. The number of hydrogen-bond donors (Lipinski definition) is 0. The minimum Gasteiger partial charge on any atom is -0.358 e. The second kappa shape index (κ2) is 9.63. The standard InChI is InChI=1S/2C10H9.2CH3.Zr/c2*1-8-4-2-5-9-6-3-7-10(8)9;;;/h2*2-7H,1H3;2*1H3;/q4*-1;+4. The fourth-order valence-electron chi connectivity index (χ4n) is 2.65. The van der Waals surface area contributed by atoms with Gasteiger partial charge in [0.1, 0.15) is 0 Å². The molecule has 0 bridgehead atoms. The van der Waals surface area contributed by atoms with Crippen LogP contribution in [0.2, 0.25) is 0 Å². The third-order valence-corrected chi connectivity index (χ3v) is 3.79. The van der Waals surface area contributed by atoms with Crippen LogP contribution in [0.3, 0.4) is 0 Å². The molecule has 1 heteroatoms. The number of benzene rings is 2. The van der Waals surface area contributed by atoms with E-state index in [4.69, 9.17) is 0 Å². The first-order chi connectivity index (χ1) is 9.75. The summed E-state index contributed by atoms with van der Waals surface area (Å²) < 4.78 is 0. The summed E-state index contributed by atoms with van der Waals surface area (Å²) in [4.78, 5) is 0. The van der Waals surface area contributed by atoms with Crippen molar-refractivity contribution in [3.8, 4) is 0 Å². The van der Waals surface area contributed by atoms with Crippen molar-refractivity contribution in [2.75, 3.05) is 0 Å². The van der Waals surface area contributed by atoms with E-state index in [2.05, 4.69) is 86.6 Å². The summed E-state index contributed by atoms with van der Waals surface area (Å²) in [6.07, 6.45) is 0. The second-order valence-electron chi connectivity index (χ2n) is 5.21. The van der Waals surface area contributed by atoms with Crippen LogP contribution in [0, 0.1) is 28.7 Å². The molecule has 116 valence electrons. The van der Waals surface area contributed by atoms with Crippen molar-refractivity contribution in [2.24, 2.45) is 0 Å². The minimum atomic E-state index is 0. The summed E-state index contributed by atoms with van der Waals surface area (Å²) in [6, 6.07) is 25.5. The average Bonchev–Trinajstić information content (AvgIpc) is 3.08. The number of aryl methyl sites for hydroxylation is 2. The molecule has 0 atom stereocenters. The van der Waals surface area contributed by atoms with E-state index in [1.54, 1.807) is 0 Å². The molecule has 0 aromatic heterocycles. The first-order valence-corrected chi connectivity index (χ1v) is 6.98. The molecule has 0 heterocycles. The Morgan fingerprint density at radius 3 is 1.35 bits per heavy atom. The van der Waals surface area contributed by atoms with Gasteiger partial charge in [-0.15, -0.1) is 69.1 Å². The molecule has 4 aromatic carbocycles. The minimum absolute atomic E-state index is 0. The predicted octanol–water partition coefficient (Wildman–Crippen LogP) is 6.63. The van der Waals surface area contributed by atoms with Crippen LogP contribution < -0.4 is 0 Å². The Morgan fingerprint density at radius 2 is 1.00 bits per heavy atom. The van der Waals surface area contributed by atoms with E-state index >= 15 is 0 Å². The molecule has 0 aliphatic heterocycles. The Balaban J connectivity index is 0.000000372. The molecule has 0 unspecified atom stereocenters. The number of hydrogen-bond acceptors (Lipinski definition) is 0. The van der Waals surface area contributed by atoms with Crippen molar-refractivity contribution in [1.29, 1.82) is 0 Å². The van der Waals surface area contributed by atoms with Gasteiger partial charge in [-0.2, -0.15) is 24.3 Å². The van der Waals surface area contributed by atoms with Crippen molar-refractivity contribution in [3.63, 3.8) is 0 Å². The molecule has 0 amide bonds. The molecule has 0 N–H and O–H groups in total. The van der Waals surface area contributed by atoms with Gasteiger partial charge in [0.15, 0.2) is 0 Å². The van der Waals surface area contributed by atoms with Crippen LogP contribution in [0.15, 0.2) is 72.8 Å².